The fourth-order valence-electron chi connectivity index (χ4n) is 2.75. The van der Waals surface area contributed by atoms with Crippen LogP contribution >= 0.6 is 12.4 Å². The normalized spacial score (nSPS) is 12.3. The van der Waals surface area contributed by atoms with Crippen LogP contribution in [0.3, 0.4) is 0 Å². The van der Waals surface area contributed by atoms with Gasteiger partial charge in [-0.3, -0.25) is 4.79 Å². The highest BCUT2D eigenvalue weighted by Crippen LogP contribution is 2.32. The van der Waals surface area contributed by atoms with Gasteiger partial charge in [0.2, 0.25) is 0 Å². The van der Waals surface area contributed by atoms with E-state index in [1.54, 1.807) is 18.2 Å². The van der Waals surface area contributed by atoms with Crippen molar-refractivity contribution in [2.45, 2.75) is 25.4 Å². The van der Waals surface area contributed by atoms with Crippen molar-refractivity contribution >= 4 is 18.4 Å². The molecule has 3 rings (SSSR count). The van der Waals surface area contributed by atoms with Crippen molar-refractivity contribution in [3.8, 4) is 11.5 Å². The first kappa shape index (κ1) is 23.2. The lowest BCUT2D eigenvalue weighted by Crippen LogP contribution is -2.36. The number of halogens is 1. The smallest absolute Gasteiger partial charge is 0.323 e. The second-order valence-corrected chi connectivity index (χ2v) is 6.56. The van der Waals surface area contributed by atoms with Crippen LogP contribution in [0, 0.1) is 0 Å². The third-order valence-corrected chi connectivity index (χ3v) is 4.41. The number of benzene rings is 3. The molecule has 0 saturated heterocycles. The van der Waals surface area contributed by atoms with E-state index < -0.39 is 18.1 Å². The van der Waals surface area contributed by atoms with Gasteiger partial charge in [0.1, 0.15) is 25.4 Å². The fourth-order valence-corrected chi connectivity index (χ4v) is 2.75. The Balaban J connectivity index is 0.00000320. The summed E-state index contributed by atoms with van der Waals surface area (Å²) in [7, 11) is 0. The zero-order valence-corrected chi connectivity index (χ0v) is 17.0. The van der Waals surface area contributed by atoms with Gasteiger partial charge in [0.15, 0.2) is 11.5 Å². The molecule has 0 aliphatic carbocycles. The number of carboxylic acids is 1. The molecule has 0 unspecified atom stereocenters. The van der Waals surface area contributed by atoms with Crippen molar-refractivity contribution in [1.29, 1.82) is 0 Å². The summed E-state index contributed by atoms with van der Waals surface area (Å²) in [5, 5.41) is 19.3. The zero-order chi connectivity index (χ0) is 20.6. The average molecular weight is 430 g/mol. The Kier molecular flexibility index (Phi) is 8.68. The summed E-state index contributed by atoms with van der Waals surface area (Å²) in [6.45, 7) is 0.645. The van der Waals surface area contributed by atoms with Crippen LogP contribution in [0.25, 0.3) is 0 Å². The van der Waals surface area contributed by atoms with Gasteiger partial charge in [0.05, 0.1) is 0 Å². The van der Waals surface area contributed by atoms with E-state index >= 15 is 0 Å². The van der Waals surface area contributed by atoms with Gasteiger partial charge in [-0.1, -0.05) is 66.7 Å². The van der Waals surface area contributed by atoms with Crippen LogP contribution in [0.15, 0.2) is 78.9 Å². The van der Waals surface area contributed by atoms with Crippen LogP contribution in [0.2, 0.25) is 0 Å². The van der Waals surface area contributed by atoms with Crippen LogP contribution < -0.4 is 15.2 Å². The van der Waals surface area contributed by atoms with E-state index in [4.69, 9.17) is 20.3 Å². The molecule has 0 aliphatic heterocycles. The molecule has 3 aromatic carbocycles. The molecule has 0 bridgehead atoms. The number of rotatable bonds is 9. The number of aliphatic hydroxyl groups is 1. The van der Waals surface area contributed by atoms with Crippen LogP contribution in [-0.2, 0) is 18.0 Å². The number of carbonyl (C=O) groups is 1. The largest absolute Gasteiger partial charge is 0.485 e. The summed E-state index contributed by atoms with van der Waals surface area (Å²) in [5.41, 5.74) is 7.87. The summed E-state index contributed by atoms with van der Waals surface area (Å²) >= 11 is 0. The van der Waals surface area contributed by atoms with Crippen molar-refractivity contribution in [3.63, 3.8) is 0 Å². The molecule has 30 heavy (non-hydrogen) atoms. The van der Waals surface area contributed by atoms with Gasteiger partial charge < -0.3 is 25.4 Å². The van der Waals surface area contributed by atoms with Gasteiger partial charge in [-0.2, -0.15) is 0 Å². The Morgan fingerprint density at radius 1 is 0.833 bits per heavy atom. The van der Waals surface area contributed by atoms with E-state index in [-0.39, 0.29) is 12.4 Å². The molecular weight excluding hydrogens is 406 g/mol. The molecular formula is C23H24ClNO5. The maximum absolute atomic E-state index is 11.1. The van der Waals surface area contributed by atoms with Crippen molar-refractivity contribution in [2.75, 3.05) is 0 Å². The first-order valence-corrected chi connectivity index (χ1v) is 9.18. The maximum atomic E-state index is 11.1. The van der Waals surface area contributed by atoms with Gasteiger partial charge >= 0.3 is 5.97 Å². The van der Waals surface area contributed by atoms with Gasteiger partial charge in [0, 0.05) is 0 Å². The molecule has 0 fully saturated rings. The van der Waals surface area contributed by atoms with E-state index in [1.165, 1.54) is 0 Å². The minimum atomic E-state index is -1.44. The Morgan fingerprint density at radius 2 is 1.33 bits per heavy atom. The molecule has 2 atom stereocenters. The second kappa shape index (κ2) is 11.2. The van der Waals surface area contributed by atoms with Crippen molar-refractivity contribution < 1.29 is 24.5 Å². The Labute approximate surface area is 181 Å². The Hall–Kier alpha value is -3.06. The van der Waals surface area contributed by atoms with Gasteiger partial charge in [-0.05, 0) is 28.8 Å². The Bertz CT molecular complexity index is 937. The summed E-state index contributed by atoms with van der Waals surface area (Å²) in [5.74, 6) is -0.391. The number of aliphatic hydroxyl groups excluding tert-OH is 1. The monoisotopic (exact) mass is 429 g/mol. The van der Waals surface area contributed by atoms with Gasteiger partial charge in [0.25, 0.3) is 0 Å². The van der Waals surface area contributed by atoms with Crippen molar-refractivity contribution in [3.05, 3.63) is 95.6 Å². The highest BCUT2D eigenvalue weighted by molar-refractivity contribution is 5.85. The topological polar surface area (TPSA) is 102 Å². The molecule has 6 nitrogen and oxygen atoms in total. The molecule has 158 valence electrons. The van der Waals surface area contributed by atoms with Crippen LogP contribution in [0.1, 0.15) is 22.8 Å². The first-order chi connectivity index (χ1) is 14.0. The zero-order valence-electron chi connectivity index (χ0n) is 16.2. The van der Waals surface area contributed by atoms with Crippen LogP contribution in [-0.4, -0.2) is 22.2 Å². The predicted molar refractivity (Wildman–Crippen MR) is 116 cm³/mol. The first-order valence-electron chi connectivity index (χ1n) is 9.18. The second-order valence-electron chi connectivity index (χ2n) is 6.56. The number of nitrogens with two attached hydrogens (primary N) is 1. The summed E-state index contributed by atoms with van der Waals surface area (Å²) in [6.07, 6.45) is -1.37. The number of hydrogen-bond acceptors (Lipinski definition) is 5. The lowest BCUT2D eigenvalue weighted by molar-refractivity contribution is -0.141. The van der Waals surface area contributed by atoms with E-state index in [2.05, 4.69) is 0 Å². The van der Waals surface area contributed by atoms with E-state index in [0.717, 1.165) is 11.1 Å². The number of carboxylic acid groups (broad SMARTS) is 1. The highest BCUT2D eigenvalue weighted by atomic mass is 35.5. The van der Waals surface area contributed by atoms with Gasteiger partial charge in [-0.15, -0.1) is 12.4 Å². The average Bonchev–Trinajstić information content (AvgIpc) is 2.76. The standard InChI is InChI=1S/C23H23NO5.ClH/c24-21(23(26)27)22(25)18-11-12-19(28-14-16-7-3-1-4-8-16)20(13-18)29-15-17-9-5-2-6-10-17;/h1-13,21-22,25H,14-15,24H2,(H,26,27);1H/t21-,22+;/m1./s1. The summed E-state index contributed by atoms with van der Waals surface area (Å²) < 4.78 is 11.8. The molecule has 0 saturated carbocycles. The third-order valence-electron chi connectivity index (χ3n) is 4.41. The lowest BCUT2D eigenvalue weighted by Gasteiger charge is -2.18. The minimum Gasteiger partial charge on any atom is -0.485 e. The molecule has 0 aliphatic rings. The summed E-state index contributed by atoms with van der Waals surface area (Å²) in [4.78, 5) is 11.1. The number of ether oxygens (including phenoxy) is 2. The SMILES string of the molecule is Cl.N[C@@H](C(=O)O)[C@@H](O)c1ccc(OCc2ccccc2)c(OCc2ccccc2)c1. The number of aliphatic carboxylic acids is 1. The van der Waals surface area contributed by atoms with E-state index in [1.807, 2.05) is 60.7 Å². The quantitative estimate of drug-likeness (QED) is 0.479. The van der Waals surface area contributed by atoms with Crippen molar-refractivity contribution in [1.82, 2.24) is 0 Å². The predicted octanol–water partition coefficient (Wildman–Crippen LogP) is 3.71. The highest BCUT2D eigenvalue weighted by Gasteiger charge is 2.24. The third kappa shape index (κ3) is 6.22. The molecule has 4 N–H and O–H groups in total. The van der Waals surface area contributed by atoms with Crippen LogP contribution in [0.5, 0.6) is 11.5 Å². The van der Waals surface area contributed by atoms with Crippen molar-refractivity contribution in [2.24, 2.45) is 5.73 Å². The van der Waals surface area contributed by atoms with E-state index in [0.29, 0.717) is 30.3 Å². The fraction of sp³-hybridized carbons (Fsp3) is 0.174. The minimum absolute atomic E-state index is 0. The van der Waals surface area contributed by atoms with E-state index in [9.17, 15) is 9.90 Å². The Morgan fingerprint density at radius 3 is 1.83 bits per heavy atom. The molecule has 0 radical (unpaired) electrons. The molecule has 0 spiro atoms. The number of hydrogen-bond donors (Lipinski definition) is 3. The molecule has 0 heterocycles. The molecule has 0 amide bonds. The lowest BCUT2D eigenvalue weighted by atomic mass is 10.0. The molecule has 7 heteroatoms. The van der Waals surface area contributed by atoms with Crippen LogP contribution in [0.4, 0.5) is 0 Å². The maximum Gasteiger partial charge on any atom is 0.323 e. The molecule has 3 aromatic rings. The van der Waals surface area contributed by atoms with Gasteiger partial charge in [-0.25, -0.2) is 0 Å². The summed E-state index contributed by atoms with van der Waals surface area (Å²) in [6, 6.07) is 22.7. The molecule has 0 aromatic heterocycles.